The summed E-state index contributed by atoms with van der Waals surface area (Å²) < 4.78 is 4.83. The fraction of sp³-hybridized carbons (Fsp3) is 0.857. The molecule has 4 heteroatoms. The lowest BCUT2D eigenvalue weighted by molar-refractivity contribution is 0.141. The number of aliphatic hydroxyl groups excluding tert-OH is 1. The predicted molar refractivity (Wildman–Crippen MR) is 41.0 cm³/mol. The lowest BCUT2D eigenvalue weighted by Crippen LogP contribution is -2.46. The Balaban J connectivity index is 3.81. The van der Waals surface area contributed by atoms with E-state index in [-0.39, 0.29) is 6.61 Å². The van der Waals surface area contributed by atoms with Crippen LogP contribution in [0.2, 0.25) is 0 Å². The van der Waals surface area contributed by atoms with E-state index in [0.29, 0.717) is 13.2 Å². The Morgan fingerprint density at radius 3 is 2.73 bits per heavy atom. The van der Waals surface area contributed by atoms with Crippen LogP contribution in [0.5, 0.6) is 0 Å². The molecule has 64 valence electrons. The van der Waals surface area contributed by atoms with E-state index in [1.54, 1.807) is 6.92 Å². The van der Waals surface area contributed by atoms with E-state index in [1.165, 1.54) is 7.11 Å². The summed E-state index contributed by atoms with van der Waals surface area (Å²) in [5.41, 5.74) is -0.683. The molecule has 0 fully saturated rings. The van der Waals surface area contributed by atoms with Gasteiger partial charge in [0.25, 0.3) is 0 Å². The highest BCUT2D eigenvalue weighted by Crippen LogP contribution is 2.00. The molecule has 11 heavy (non-hydrogen) atoms. The van der Waals surface area contributed by atoms with Gasteiger partial charge >= 0.3 is 0 Å². The molecule has 0 saturated heterocycles. The Hall–Kier alpha value is -0.630. The number of rotatable bonds is 5. The van der Waals surface area contributed by atoms with Crippen LogP contribution in [0, 0.1) is 11.3 Å². The highest BCUT2D eigenvalue weighted by Gasteiger charge is 2.21. The van der Waals surface area contributed by atoms with Crippen LogP contribution in [0.25, 0.3) is 0 Å². The molecule has 0 rings (SSSR count). The molecule has 2 N–H and O–H groups in total. The summed E-state index contributed by atoms with van der Waals surface area (Å²) in [6, 6.07) is 2.07. The second-order valence-corrected chi connectivity index (χ2v) is 2.53. The van der Waals surface area contributed by atoms with Gasteiger partial charge in [-0.15, -0.1) is 0 Å². The van der Waals surface area contributed by atoms with Gasteiger partial charge in [0, 0.05) is 13.7 Å². The van der Waals surface area contributed by atoms with Gasteiger partial charge < -0.3 is 9.84 Å². The molecule has 0 saturated carbocycles. The molecular weight excluding hydrogens is 144 g/mol. The number of hydrogen-bond acceptors (Lipinski definition) is 4. The van der Waals surface area contributed by atoms with Gasteiger partial charge in [0.05, 0.1) is 19.3 Å². The maximum atomic E-state index is 8.67. The SMILES string of the molecule is COCC(C)(C#N)NCCO. The lowest BCUT2D eigenvalue weighted by Gasteiger charge is -2.21. The fourth-order valence-corrected chi connectivity index (χ4v) is 0.743. The zero-order valence-corrected chi connectivity index (χ0v) is 6.92. The molecule has 0 aliphatic heterocycles. The molecule has 4 nitrogen and oxygen atoms in total. The summed E-state index contributed by atoms with van der Waals surface area (Å²) in [5.74, 6) is 0. The summed E-state index contributed by atoms with van der Waals surface area (Å²) in [7, 11) is 1.54. The van der Waals surface area contributed by atoms with Crippen molar-refractivity contribution in [3.05, 3.63) is 0 Å². The summed E-state index contributed by atoms with van der Waals surface area (Å²) in [6.07, 6.45) is 0. The first-order chi connectivity index (χ1) is 5.18. The molecule has 0 aliphatic rings. The summed E-state index contributed by atoms with van der Waals surface area (Å²) in [6.45, 7) is 2.49. The average molecular weight is 158 g/mol. The van der Waals surface area contributed by atoms with E-state index < -0.39 is 5.54 Å². The van der Waals surface area contributed by atoms with Crippen molar-refractivity contribution in [2.45, 2.75) is 12.5 Å². The number of β-amino-alcohol motifs (C(OH)–C–C–N with tert-alkyl or cyclic N) is 1. The zero-order valence-electron chi connectivity index (χ0n) is 6.92. The average Bonchev–Trinajstić information content (AvgIpc) is 2.02. The third-order valence-corrected chi connectivity index (χ3v) is 1.31. The predicted octanol–water partition coefficient (Wildman–Crippen LogP) is -0.503. The standard InChI is InChI=1S/C7H14N2O2/c1-7(5-8,6-11-2)9-3-4-10/h9-10H,3-4,6H2,1-2H3. The summed E-state index contributed by atoms with van der Waals surface area (Å²) >= 11 is 0. The van der Waals surface area contributed by atoms with E-state index >= 15 is 0 Å². The first kappa shape index (κ1) is 10.4. The van der Waals surface area contributed by atoms with Crippen LogP contribution in [-0.2, 0) is 4.74 Å². The Morgan fingerprint density at radius 2 is 2.36 bits per heavy atom. The minimum atomic E-state index is -0.683. The highest BCUT2D eigenvalue weighted by molar-refractivity contribution is 5.03. The van der Waals surface area contributed by atoms with Crippen molar-refractivity contribution in [2.75, 3.05) is 26.9 Å². The Bertz CT molecular complexity index is 144. The minimum Gasteiger partial charge on any atom is -0.395 e. The van der Waals surface area contributed by atoms with E-state index in [0.717, 1.165) is 0 Å². The number of hydrogen-bond donors (Lipinski definition) is 2. The monoisotopic (exact) mass is 158 g/mol. The van der Waals surface area contributed by atoms with Crippen LogP contribution < -0.4 is 5.32 Å². The topological polar surface area (TPSA) is 65.3 Å². The van der Waals surface area contributed by atoms with E-state index in [4.69, 9.17) is 15.1 Å². The van der Waals surface area contributed by atoms with Crippen LogP contribution in [-0.4, -0.2) is 37.5 Å². The van der Waals surface area contributed by atoms with E-state index in [9.17, 15) is 0 Å². The number of nitrogens with zero attached hydrogens (tertiary/aromatic N) is 1. The van der Waals surface area contributed by atoms with Crippen LogP contribution >= 0.6 is 0 Å². The minimum absolute atomic E-state index is 0.0288. The number of aliphatic hydroxyl groups is 1. The smallest absolute Gasteiger partial charge is 0.127 e. The molecule has 0 aliphatic carbocycles. The third-order valence-electron chi connectivity index (χ3n) is 1.31. The van der Waals surface area contributed by atoms with Gasteiger partial charge in [-0.2, -0.15) is 5.26 Å². The summed E-state index contributed by atoms with van der Waals surface area (Å²) in [4.78, 5) is 0. The quantitative estimate of drug-likeness (QED) is 0.566. The van der Waals surface area contributed by atoms with Crippen molar-refractivity contribution in [3.63, 3.8) is 0 Å². The highest BCUT2D eigenvalue weighted by atomic mass is 16.5. The van der Waals surface area contributed by atoms with Gasteiger partial charge in [0.1, 0.15) is 5.54 Å². The summed E-state index contributed by atoms with van der Waals surface area (Å²) in [5, 5.41) is 20.0. The molecule has 0 radical (unpaired) electrons. The number of methoxy groups -OCH3 is 1. The van der Waals surface area contributed by atoms with E-state index in [2.05, 4.69) is 11.4 Å². The molecule has 1 unspecified atom stereocenters. The first-order valence-corrected chi connectivity index (χ1v) is 3.44. The molecule has 0 amide bonds. The Labute approximate surface area is 66.8 Å². The van der Waals surface area contributed by atoms with Gasteiger partial charge in [-0.1, -0.05) is 0 Å². The molecule has 0 aromatic heterocycles. The normalized spacial score (nSPS) is 15.5. The van der Waals surface area contributed by atoms with Crippen molar-refractivity contribution in [1.82, 2.24) is 5.32 Å². The van der Waals surface area contributed by atoms with Crippen LogP contribution in [0.15, 0.2) is 0 Å². The molecule has 0 spiro atoms. The van der Waals surface area contributed by atoms with E-state index in [1.807, 2.05) is 0 Å². The van der Waals surface area contributed by atoms with Gasteiger partial charge in [-0.25, -0.2) is 0 Å². The number of nitrogens with one attached hydrogen (secondary N) is 1. The van der Waals surface area contributed by atoms with Gasteiger partial charge in [-0.05, 0) is 6.92 Å². The number of nitriles is 1. The van der Waals surface area contributed by atoms with Gasteiger partial charge in [0.15, 0.2) is 0 Å². The number of ether oxygens (including phenoxy) is 1. The van der Waals surface area contributed by atoms with Gasteiger partial charge in [0.2, 0.25) is 0 Å². The van der Waals surface area contributed by atoms with Gasteiger partial charge in [-0.3, -0.25) is 5.32 Å². The fourth-order valence-electron chi connectivity index (χ4n) is 0.743. The molecule has 0 aromatic carbocycles. The molecule has 0 aromatic rings. The van der Waals surface area contributed by atoms with Crippen molar-refractivity contribution in [2.24, 2.45) is 0 Å². The molecule has 0 bridgehead atoms. The van der Waals surface area contributed by atoms with Crippen molar-refractivity contribution in [3.8, 4) is 6.07 Å². The lowest BCUT2D eigenvalue weighted by atomic mass is 10.1. The van der Waals surface area contributed by atoms with Crippen molar-refractivity contribution >= 4 is 0 Å². The third kappa shape index (κ3) is 3.94. The maximum absolute atomic E-state index is 8.67. The van der Waals surface area contributed by atoms with Crippen LogP contribution in [0.3, 0.4) is 0 Å². The second kappa shape index (κ2) is 5.08. The zero-order chi connectivity index (χ0) is 8.74. The largest absolute Gasteiger partial charge is 0.395 e. The Morgan fingerprint density at radius 1 is 1.73 bits per heavy atom. The Kier molecular flexibility index (Phi) is 4.79. The van der Waals surface area contributed by atoms with Crippen LogP contribution in [0.1, 0.15) is 6.92 Å². The molecule has 0 heterocycles. The first-order valence-electron chi connectivity index (χ1n) is 3.44. The maximum Gasteiger partial charge on any atom is 0.127 e. The molecule has 1 atom stereocenters. The molecular formula is C7H14N2O2. The van der Waals surface area contributed by atoms with Crippen molar-refractivity contribution in [1.29, 1.82) is 5.26 Å². The second-order valence-electron chi connectivity index (χ2n) is 2.53. The van der Waals surface area contributed by atoms with Crippen LogP contribution in [0.4, 0.5) is 0 Å². The van der Waals surface area contributed by atoms with Crippen molar-refractivity contribution < 1.29 is 9.84 Å².